The average molecular weight is 604 g/mol. The lowest BCUT2D eigenvalue weighted by molar-refractivity contribution is -0.0779. The van der Waals surface area contributed by atoms with E-state index in [9.17, 15) is 0 Å². The smallest absolute Gasteiger partial charge is 0.164 e. The summed E-state index contributed by atoms with van der Waals surface area (Å²) in [7, 11) is -1.07. The minimum absolute atomic E-state index is 0.109. The molecule has 34 heavy (non-hydrogen) atoms. The Morgan fingerprint density at radius 2 is 1.82 bits per heavy atom. The van der Waals surface area contributed by atoms with E-state index in [-0.39, 0.29) is 5.54 Å². The molecular weight excluding hydrogens is 557 g/mol. The molecule has 0 aromatic carbocycles. The zero-order chi connectivity index (χ0) is 24.5. The van der Waals surface area contributed by atoms with Crippen LogP contribution in [0, 0.1) is 16.4 Å². The molecule has 3 fully saturated rings. The number of piperazine rings is 1. The lowest BCUT2D eigenvalue weighted by Gasteiger charge is -2.48. The molecule has 3 saturated heterocycles. The number of nitrogens with zero attached hydrogens (tertiary/aromatic N) is 5. The molecule has 1 unspecified atom stereocenters. The van der Waals surface area contributed by atoms with Crippen molar-refractivity contribution < 1.29 is 9.47 Å². The molecule has 0 saturated carbocycles. The van der Waals surface area contributed by atoms with E-state index in [2.05, 4.69) is 82.4 Å². The maximum absolute atomic E-state index is 6.02. The number of anilines is 1. The van der Waals surface area contributed by atoms with Crippen LogP contribution in [-0.2, 0) is 16.2 Å². The summed E-state index contributed by atoms with van der Waals surface area (Å²) in [5.74, 6) is 1.90. The highest BCUT2D eigenvalue weighted by molar-refractivity contribution is 14.1. The molecule has 0 bridgehead atoms. The molecule has 3 aliphatic rings. The minimum Gasteiger partial charge on any atom is -0.378 e. The maximum Gasteiger partial charge on any atom is 0.164 e. The Bertz CT molecular complexity index is 815. The van der Waals surface area contributed by atoms with Crippen molar-refractivity contribution in [1.82, 2.24) is 19.6 Å². The molecule has 3 aliphatic heterocycles. The second-order valence-electron chi connectivity index (χ2n) is 12.4. The first-order valence-corrected chi connectivity index (χ1v) is 17.9. The van der Waals surface area contributed by atoms with E-state index in [1.54, 1.807) is 0 Å². The summed E-state index contributed by atoms with van der Waals surface area (Å²) < 4.78 is 14.7. The monoisotopic (exact) mass is 603 g/mol. The highest BCUT2D eigenvalue weighted by atomic mass is 127. The third-order valence-corrected chi connectivity index (χ3v) is 10.9. The summed E-state index contributed by atoms with van der Waals surface area (Å²) in [5, 5.41) is 5.04. The maximum atomic E-state index is 6.02. The van der Waals surface area contributed by atoms with E-state index < -0.39 is 8.07 Å². The fourth-order valence-electron chi connectivity index (χ4n) is 5.53. The van der Waals surface area contributed by atoms with Gasteiger partial charge in [0.15, 0.2) is 5.82 Å². The van der Waals surface area contributed by atoms with Crippen LogP contribution in [0.2, 0.25) is 25.7 Å². The summed E-state index contributed by atoms with van der Waals surface area (Å²) in [6.45, 7) is 24.6. The van der Waals surface area contributed by atoms with Gasteiger partial charge in [-0.15, -0.1) is 0 Å². The van der Waals surface area contributed by atoms with Gasteiger partial charge in [0.05, 0.1) is 28.5 Å². The van der Waals surface area contributed by atoms with E-state index >= 15 is 0 Å². The van der Waals surface area contributed by atoms with Crippen molar-refractivity contribution in [1.29, 1.82) is 0 Å². The zero-order valence-electron chi connectivity index (χ0n) is 22.3. The van der Waals surface area contributed by atoms with Crippen LogP contribution in [0.4, 0.5) is 5.82 Å². The molecule has 1 aromatic heterocycles. The van der Waals surface area contributed by atoms with Gasteiger partial charge < -0.3 is 19.3 Å². The van der Waals surface area contributed by atoms with Crippen molar-refractivity contribution >= 4 is 36.5 Å². The SMILES string of the molecule is Cc1c(I)c(N2CCC(CN3CCN(C4COC4)CC3)CC2(C)C)nn1COCC[Si](C)(C)C. The molecule has 0 aliphatic carbocycles. The molecule has 9 heteroatoms. The molecule has 4 heterocycles. The Hall–Kier alpha value is -0.203. The Morgan fingerprint density at radius 3 is 2.41 bits per heavy atom. The normalized spacial score (nSPS) is 25.0. The standard InChI is InChI=1S/C25H46IN5O2Si/c1-20-23(26)24(27-31(20)19-32-13-14-34(4,5)6)30-8-7-21(15-25(30,2)3)16-28-9-11-29(12-10-28)22-17-33-18-22/h21-22H,7-19H2,1-6H3. The van der Waals surface area contributed by atoms with Gasteiger partial charge in [0.2, 0.25) is 0 Å². The van der Waals surface area contributed by atoms with Gasteiger partial charge in [-0.05, 0) is 68.2 Å². The molecule has 0 amide bonds. The summed E-state index contributed by atoms with van der Waals surface area (Å²) >= 11 is 2.49. The molecule has 1 atom stereocenters. The van der Waals surface area contributed by atoms with Gasteiger partial charge in [-0.25, -0.2) is 4.68 Å². The van der Waals surface area contributed by atoms with Crippen LogP contribution in [0.1, 0.15) is 32.4 Å². The van der Waals surface area contributed by atoms with E-state index in [1.165, 1.54) is 60.9 Å². The van der Waals surface area contributed by atoms with Crippen molar-refractivity contribution in [3.05, 3.63) is 9.26 Å². The third-order valence-electron chi connectivity index (χ3n) is 7.92. The molecule has 0 radical (unpaired) electrons. The highest BCUT2D eigenvalue weighted by Gasteiger charge is 2.38. The van der Waals surface area contributed by atoms with E-state index in [1.807, 2.05) is 0 Å². The van der Waals surface area contributed by atoms with Gasteiger partial charge in [0.25, 0.3) is 0 Å². The largest absolute Gasteiger partial charge is 0.378 e. The van der Waals surface area contributed by atoms with Crippen LogP contribution in [0.15, 0.2) is 0 Å². The number of piperidine rings is 1. The van der Waals surface area contributed by atoms with E-state index in [0.29, 0.717) is 12.8 Å². The summed E-state index contributed by atoms with van der Waals surface area (Å²) in [6.07, 6.45) is 2.47. The molecule has 1 aromatic rings. The first-order valence-electron chi connectivity index (χ1n) is 13.2. The van der Waals surface area contributed by atoms with Gasteiger partial charge in [0.1, 0.15) is 6.73 Å². The summed E-state index contributed by atoms with van der Waals surface area (Å²) in [4.78, 5) is 7.89. The molecule has 7 nitrogen and oxygen atoms in total. The Balaban J connectivity index is 1.30. The van der Waals surface area contributed by atoms with Crippen LogP contribution >= 0.6 is 22.6 Å². The van der Waals surface area contributed by atoms with E-state index in [4.69, 9.17) is 14.6 Å². The topological polar surface area (TPSA) is 46.0 Å². The lowest BCUT2D eigenvalue weighted by atomic mass is 9.82. The first-order chi connectivity index (χ1) is 16.0. The molecule has 0 spiro atoms. The number of hydrogen-bond acceptors (Lipinski definition) is 6. The second kappa shape index (κ2) is 11.0. The zero-order valence-corrected chi connectivity index (χ0v) is 25.4. The van der Waals surface area contributed by atoms with Crippen LogP contribution in [-0.4, -0.2) is 98.3 Å². The Kier molecular flexibility index (Phi) is 8.72. The predicted molar refractivity (Wildman–Crippen MR) is 151 cm³/mol. The van der Waals surface area contributed by atoms with Crippen molar-refractivity contribution in [3.63, 3.8) is 0 Å². The third kappa shape index (κ3) is 6.56. The fourth-order valence-corrected chi connectivity index (χ4v) is 6.96. The molecule has 4 rings (SSSR count). The fraction of sp³-hybridized carbons (Fsp3) is 0.880. The predicted octanol–water partition coefficient (Wildman–Crippen LogP) is 4.12. The van der Waals surface area contributed by atoms with Crippen molar-refractivity contribution in [2.75, 3.05) is 64.0 Å². The minimum atomic E-state index is -1.07. The van der Waals surface area contributed by atoms with Crippen molar-refractivity contribution in [2.24, 2.45) is 5.92 Å². The summed E-state index contributed by atoms with van der Waals surface area (Å²) in [6, 6.07) is 1.88. The molecule has 0 N–H and O–H groups in total. The van der Waals surface area contributed by atoms with Crippen molar-refractivity contribution in [3.8, 4) is 0 Å². The van der Waals surface area contributed by atoms with Crippen LogP contribution in [0.25, 0.3) is 0 Å². The molecular formula is C25H46IN5O2Si. The van der Waals surface area contributed by atoms with Crippen LogP contribution in [0.3, 0.4) is 0 Å². The summed E-state index contributed by atoms with van der Waals surface area (Å²) in [5.41, 5.74) is 1.33. The highest BCUT2D eigenvalue weighted by Crippen LogP contribution is 2.38. The first kappa shape index (κ1) is 26.8. The number of rotatable bonds is 9. The quantitative estimate of drug-likeness (QED) is 0.241. The Morgan fingerprint density at radius 1 is 1.12 bits per heavy atom. The van der Waals surface area contributed by atoms with Crippen LogP contribution < -0.4 is 4.90 Å². The van der Waals surface area contributed by atoms with Gasteiger partial charge in [-0.1, -0.05) is 19.6 Å². The average Bonchev–Trinajstić information content (AvgIpc) is 2.98. The number of hydrogen-bond donors (Lipinski definition) is 0. The number of ether oxygens (including phenoxy) is 2. The molecule has 194 valence electrons. The van der Waals surface area contributed by atoms with Gasteiger partial charge in [-0.3, -0.25) is 4.90 Å². The van der Waals surface area contributed by atoms with Gasteiger partial charge in [-0.2, -0.15) is 5.10 Å². The van der Waals surface area contributed by atoms with Gasteiger partial charge in [0, 0.05) is 59.5 Å². The number of halogens is 1. The lowest BCUT2D eigenvalue weighted by Crippen LogP contribution is -2.58. The van der Waals surface area contributed by atoms with E-state index in [0.717, 1.165) is 38.1 Å². The number of aromatic nitrogens is 2. The van der Waals surface area contributed by atoms with Crippen molar-refractivity contribution in [2.45, 2.75) is 77.6 Å². The van der Waals surface area contributed by atoms with Crippen LogP contribution in [0.5, 0.6) is 0 Å². The van der Waals surface area contributed by atoms with Gasteiger partial charge >= 0.3 is 0 Å². The second-order valence-corrected chi connectivity index (χ2v) is 19.1. The Labute approximate surface area is 221 Å².